The zero-order chi connectivity index (χ0) is 14.3. The van der Waals surface area contributed by atoms with Crippen molar-refractivity contribution in [3.63, 3.8) is 0 Å². The van der Waals surface area contributed by atoms with E-state index in [0.717, 1.165) is 24.4 Å². The number of rotatable bonds is 7. The number of nitrogens with one attached hydrogen (secondary N) is 1. The zero-order valence-electron chi connectivity index (χ0n) is 12.9. The van der Waals surface area contributed by atoms with Crippen molar-refractivity contribution in [1.82, 2.24) is 5.32 Å². The van der Waals surface area contributed by atoms with Crippen LogP contribution in [0.15, 0.2) is 29.8 Å². The van der Waals surface area contributed by atoms with Gasteiger partial charge in [0.15, 0.2) is 0 Å². The van der Waals surface area contributed by atoms with Crippen LogP contribution in [0.4, 0.5) is 0 Å². The number of ether oxygens (including phenoxy) is 1. The van der Waals surface area contributed by atoms with Gasteiger partial charge >= 0.3 is 0 Å². The summed E-state index contributed by atoms with van der Waals surface area (Å²) in [4.78, 5) is 0. The lowest BCUT2D eigenvalue weighted by atomic mass is 10.00. The van der Waals surface area contributed by atoms with E-state index in [2.05, 4.69) is 58.1 Å². The van der Waals surface area contributed by atoms with Gasteiger partial charge in [0.2, 0.25) is 0 Å². The summed E-state index contributed by atoms with van der Waals surface area (Å²) in [6, 6.07) is 8.24. The molecule has 0 saturated carbocycles. The van der Waals surface area contributed by atoms with E-state index >= 15 is 0 Å². The van der Waals surface area contributed by atoms with Crippen molar-refractivity contribution in [2.45, 2.75) is 40.7 Å². The predicted molar refractivity (Wildman–Crippen MR) is 83.6 cm³/mol. The normalized spacial score (nSPS) is 12.3. The Kier molecular flexibility index (Phi) is 6.65. The van der Waals surface area contributed by atoms with E-state index in [-0.39, 0.29) is 6.10 Å². The molecule has 0 aliphatic rings. The van der Waals surface area contributed by atoms with Crippen molar-refractivity contribution in [2.75, 3.05) is 13.1 Å². The van der Waals surface area contributed by atoms with Gasteiger partial charge in [-0.1, -0.05) is 50.6 Å². The van der Waals surface area contributed by atoms with Gasteiger partial charge in [0.1, 0.15) is 5.75 Å². The fourth-order valence-corrected chi connectivity index (χ4v) is 1.85. The van der Waals surface area contributed by atoms with Gasteiger partial charge in [-0.2, -0.15) is 0 Å². The molecule has 0 atom stereocenters. The van der Waals surface area contributed by atoms with Crippen LogP contribution in [0.5, 0.6) is 5.75 Å². The highest BCUT2D eigenvalue weighted by Gasteiger charge is 2.07. The number of hydrogen-bond acceptors (Lipinski definition) is 2. The Morgan fingerprint density at radius 1 is 1.21 bits per heavy atom. The van der Waals surface area contributed by atoms with E-state index in [9.17, 15) is 0 Å². The molecule has 0 radical (unpaired) electrons. The molecule has 0 bridgehead atoms. The van der Waals surface area contributed by atoms with Crippen LogP contribution in [0.3, 0.4) is 0 Å². The van der Waals surface area contributed by atoms with Crippen molar-refractivity contribution in [3.8, 4) is 5.75 Å². The Balaban J connectivity index is 2.99. The molecule has 0 saturated heterocycles. The van der Waals surface area contributed by atoms with Gasteiger partial charge in [-0.15, -0.1) is 0 Å². The minimum Gasteiger partial charge on any atom is -0.490 e. The first-order chi connectivity index (χ1) is 9.04. The standard InChI is InChI=1S/C17H27NO/c1-6-18-12-16(13(2)3)11-15-9-7-8-10-17(15)19-14(4)5/h7-11,13-14,18H,6,12H2,1-5H3. The van der Waals surface area contributed by atoms with Crippen LogP contribution in [0.25, 0.3) is 6.08 Å². The summed E-state index contributed by atoms with van der Waals surface area (Å²) in [5, 5.41) is 3.40. The predicted octanol–water partition coefficient (Wildman–Crippen LogP) is 4.12. The molecule has 0 fully saturated rings. The maximum absolute atomic E-state index is 5.87. The first-order valence-corrected chi connectivity index (χ1v) is 7.21. The smallest absolute Gasteiger partial charge is 0.126 e. The van der Waals surface area contributed by atoms with Crippen LogP contribution >= 0.6 is 0 Å². The number of likely N-dealkylation sites (N-methyl/N-ethyl adjacent to an activating group) is 1. The average molecular weight is 261 g/mol. The maximum Gasteiger partial charge on any atom is 0.126 e. The fourth-order valence-electron chi connectivity index (χ4n) is 1.85. The molecular formula is C17H27NO. The average Bonchev–Trinajstić information content (AvgIpc) is 2.35. The lowest BCUT2D eigenvalue weighted by Gasteiger charge is -2.15. The van der Waals surface area contributed by atoms with E-state index in [1.54, 1.807) is 0 Å². The van der Waals surface area contributed by atoms with E-state index in [0.29, 0.717) is 5.92 Å². The van der Waals surface area contributed by atoms with Gasteiger partial charge in [-0.25, -0.2) is 0 Å². The second kappa shape index (κ2) is 8.00. The topological polar surface area (TPSA) is 21.3 Å². The Morgan fingerprint density at radius 3 is 2.47 bits per heavy atom. The monoisotopic (exact) mass is 261 g/mol. The highest BCUT2D eigenvalue weighted by Crippen LogP contribution is 2.24. The van der Waals surface area contributed by atoms with E-state index in [1.807, 2.05) is 12.1 Å². The summed E-state index contributed by atoms with van der Waals surface area (Å²) in [6.07, 6.45) is 2.45. The maximum atomic E-state index is 5.87. The van der Waals surface area contributed by atoms with Gasteiger partial charge in [-0.3, -0.25) is 0 Å². The van der Waals surface area contributed by atoms with Crippen LogP contribution in [0, 0.1) is 5.92 Å². The first kappa shape index (κ1) is 15.8. The summed E-state index contributed by atoms with van der Waals surface area (Å²) in [6.45, 7) is 12.6. The second-order valence-electron chi connectivity index (χ2n) is 5.36. The highest BCUT2D eigenvalue weighted by molar-refractivity contribution is 5.60. The minimum absolute atomic E-state index is 0.200. The van der Waals surface area contributed by atoms with Gasteiger partial charge in [0.05, 0.1) is 6.10 Å². The molecule has 2 nitrogen and oxygen atoms in total. The molecule has 1 rings (SSSR count). The zero-order valence-corrected chi connectivity index (χ0v) is 12.9. The molecule has 0 aromatic heterocycles. The Morgan fingerprint density at radius 2 is 1.89 bits per heavy atom. The molecule has 1 aromatic rings. The van der Waals surface area contributed by atoms with Gasteiger partial charge < -0.3 is 10.1 Å². The minimum atomic E-state index is 0.200. The first-order valence-electron chi connectivity index (χ1n) is 7.21. The Labute approximate surface area is 117 Å². The molecule has 106 valence electrons. The van der Waals surface area contributed by atoms with E-state index in [1.165, 1.54) is 5.57 Å². The summed E-state index contributed by atoms with van der Waals surface area (Å²) >= 11 is 0. The fraction of sp³-hybridized carbons (Fsp3) is 0.529. The molecule has 0 unspecified atom stereocenters. The molecule has 0 aliphatic heterocycles. The van der Waals surface area contributed by atoms with Crippen molar-refractivity contribution >= 4 is 6.08 Å². The van der Waals surface area contributed by atoms with Crippen molar-refractivity contribution in [1.29, 1.82) is 0 Å². The van der Waals surface area contributed by atoms with Crippen LogP contribution in [0.1, 0.15) is 40.2 Å². The summed E-state index contributed by atoms with van der Waals surface area (Å²) in [7, 11) is 0. The van der Waals surface area contributed by atoms with E-state index < -0.39 is 0 Å². The molecular weight excluding hydrogens is 234 g/mol. The van der Waals surface area contributed by atoms with Gasteiger partial charge in [0, 0.05) is 12.1 Å². The van der Waals surface area contributed by atoms with Crippen LogP contribution in [-0.4, -0.2) is 19.2 Å². The van der Waals surface area contributed by atoms with Crippen molar-refractivity contribution in [3.05, 3.63) is 35.4 Å². The molecule has 19 heavy (non-hydrogen) atoms. The lowest BCUT2D eigenvalue weighted by Crippen LogP contribution is -2.18. The largest absolute Gasteiger partial charge is 0.490 e. The molecule has 2 heteroatoms. The molecule has 0 aliphatic carbocycles. The molecule has 1 N–H and O–H groups in total. The van der Waals surface area contributed by atoms with Crippen molar-refractivity contribution < 1.29 is 4.74 Å². The van der Waals surface area contributed by atoms with Gasteiger partial charge in [0.25, 0.3) is 0 Å². The summed E-state index contributed by atoms with van der Waals surface area (Å²) < 4.78 is 5.87. The second-order valence-corrected chi connectivity index (χ2v) is 5.36. The van der Waals surface area contributed by atoms with Crippen LogP contribution in [-0.2, 0) is 0 Å². The summed E-state index contributed by atoms with van der Waals surface area (Å²) in [5.41, 5.74) is 2.57. The third-order valence-corrected chi connectivity index (χ3v) is 2.94. The van der Waals surface area contributed by atoms with Gasteiger partial charge in [-0.05, 0) is 32.4 Å². The number of hydrogen-bond donors (Lipinski definition) is 1. The molecule has 0 amide bonds. The quantitative estimate of drug-likeness (QED) is 0.797. The lowest BCUT2D eigenvalue weighted by molar-refractivity contribution is 0.242. The molecule has 0 heterocycles. The van der Waals surface area contributed by atoms with Crippen molar-refractivity contribution in [2.24, 2.45) is 5.92 Å². The Hall–Kier alpha value is -1.28. The number of para-hydroxylation sites is 1. The molecule has 1 aromatic carbocycles. The third-order valence-electron chi connectivity index (χ3n) is 2.94. The third kappa shape index (κ3) is 5.48. The summed E-state index contributed by atoms with van der Waals surface area (Å²) in [5.74, 6) is 1.50. The number of benzene rings is 1. The van der Waals surface area contributed by atoms with Crippen LogP contribution in [0.2, 0.25) is 0 Å². The highest BCUT2D eigenvalue weighted by atomic mass is 16.5. The Bertz CT molecular complexity index is 407. The van der Waals surface area contributed by atoms with E-state index in [4.69, 9.17) is 4.74 Å². The SMILES string of the molecule is CCNCC(=Cc1ccccc1OC(C)C)C(C)C. The molecule has 0 spiro atoms. The van der Waals surface area contributed by atoms with Crippen LogP contribution < -0.4 is 10.1 Å².